The lowest BCUT2D eigenvalue weighted by Crippen LogP contribution is -2.35. The molecule has 0 aliphatic carbocycles. The fourth-order valence-corrected chi connectivity index (χ4v) is 4.22. The number of hydrogen-bond donors (Lipinski definition) is 3. The normalized spacial score (nSPS) is 18.8. The molecule has 2 aromatic rings. The molecule has 2 aliphatic heterocycles. The van der Waals surface area contributed by atoms with Gasteiger partial charge in [-0.05, 0) is 37.5 Å². The second-order valence-electron chi connectivity index (χ2n) is 7.17. The second kappa shape index (κ2) is 8.04. The van der Waals surface area contributed by atoms with E-state index in [4.69, 9.17) is 28.9 Å². The van der Waals surface area contributed by atoms with Gasteiger partial charge in [0.2, 0.25) is 17.8 Å². The second-order valence-corrected chi connectivity index (χ2v) is 8.04. The highest BCUT2D eigenvalue weighted by atomic mass is 35.5. The zero-order valence-electron chi connectivity index (χ0n) is 15.5. The van der Waals surface area contributed by atoms with Crippen LogP contribution in [0.3, 0.4) is 0 Å². The van der Waals surface area contributed by atoms with Gasteiger partial charge >= 0.3 is 0 Å². The topological polar surface area (TPSA) is 113 Å². The van der Waals surface area contributed by atoms with Gasteiger partial charge in [0.15, 0.2) is 0 Å². The van der Waals surface area contributed by atoms with Crippen LogP contribution in [0.4, 0.5) is 23.3 Å². The molecule has 4 rings (SSSR count). The van der Waals surface area contributed by atoms with E-state index < -0.39 is 11.8 Å². The maximum Gasteiger partial charge on any atom is 0.232 e. The van der Waals surface area contributed by atoms with E-state index in [1.807, 2.05) is 4.90 Å². The fraction of sp³-hybridized carbons (Fsp3) is 0.368. The van der Waals surface area contributed by atoms with Gasteiger partial charge in [0.1, 0.15) is 11.6 Å². The Bertz CT molecular complexity index is 957. The molecular formula is C19H20Cl2N6O2. The number of aromatic nitrogens is 2. The van der Waals surface area contributed by atoms with Gasteiger partial charge in [-0.2, -0.15) is 9.97 Å². The quantitative estimate of drug-likeness (QED) is 0.681. The number of fused-ring (bicyclic) bond motifs is 1. The van der Waals surface area contributed by atoms with Crippen LogP contribution >= 0.6 is 23.2 Å². The number of rotatable bonds is 3. The number of amides is 2. The summed E-state index contributed by atoms with van der Waals surface area (Å²) < 4.78 is 0. The highest BCUT2D eigenvalue weighted by Gasteiger charge is 2.35. The van der Waals surface area contributed by atoms with Crippen molar-refractivity contribution in [3.63, 3.8) is 0 Å². The molecule has 1 atom stereocenters. The monoisotopic (exact) mass is 434 g/mol. The van der Waals surface area contributed by atoms with Crippen molar-refractivity contribution in [2.45, 2.75) is 31.6 Å². The first-order chi connectivity index (χ1) is 13.9. The molecule has 4 N–H and O–H groups in total. The Labute approximate surface area is 177 Å². The van der Waals surface area contributed by atoms with Crippen molar-refractivity contribution in [1.29, 1.82) is 0 Å². The Kier molecular flexibility index (Phi) is 5.47. The maximum absolute atomic E-state index is 12.9. The van der Waals surface area contributed by atoms with Crippen molar-refractivity contribution in [3.8, 4) is 0 Å². The van der Waals surface area contributed by atoms with Gasteiger partial charge in [0.25, 0.3) is 0 Å². The van der Waals surface area contributed by atoms with Crippen LogP contribution in [0, 0.1) is 0 Å². The zero-order valence-corrected chi connectivity index (χ0v) is 17.1. The van der Waals surface area contributed by atoms with E-state index in [2.05, 4.69) is 20.6 Å². The van der Waals surface area contributed by atoms with Gasteiger partial charge in [0.05, 0.1) is 11.5 Å². The minimum atomic E-state index is -0.813. The van der Waals surface area contributed by atoms with Crippen LogP contribution in [0.5, 0.6) is 0 Å². The lowest BCUT2D eigenvalue weighted by Gasteiger charge is -2.30. The number of nitrogen functional groups attached to an aromatic ring is 1. The lowest BCUT2D eigenvalue weighted by molar-refractivity contribution is -0.123. The highest BCUT2D eigenvalue weighted by molar-refractivity contribution is 6.35. The third kappa shape index (κ3) is 4.23. The average Bonchev–Trinajstić information content (AvgIpc) is 2.66. The fourth-order valence-electron chi connectivity index (χ4n) is 3.70. The Balaban J connectivity index is 1.64. The van der Waals surface area contributed by atoms with Crippen LogP contribution in [-0.4, -0.2) is 34.9 Å². The number of anilines is 4. The first kappa shape index (κ1) is 19.7. The van der Waals surface area contributed by atoms with E-state index in [-0.39, 0.29) is 18.1 Å². The summed E-state index contributed by atoms with van der Waals surface area (Å²) in [4.78, 5) is 36.2. The average molecular weight is 435 g/mol. The molecule has 1 saturated heterocycles. The first-order valence-electron chi connectivity index (χ1n) is 9.40. The molecule has 2 amide bonds. The molecule has 2 aliphatic rings. The van der Waals surface area contributed by atoms with Crippen molar-refractivity contribution >= 4 is 58.3 Å². The van der Waals surface area contributed by atoms with E-state index in [0.717, 1.165) is 25.9 Å². The van der Waals surface area contributed by atoms with Crippen LogP contribution in [0.1, 0.15) is 37.2 Å². The number of benzene rings is 1. The minimum Gasteiger partial charge on any atom is -0.383 e. The third-order valence-electron chi connectivity index (χ3n) is 5.04. The molecule has 10 heteroatoms. The molecule has 1 aromatic carbocycles. The number of carbonyl (C=O) groups excluding carboxylic acids is 2. The molecule has 1 unspecified atom stereocenters. The van der Waals surface area contributed by atoms with E-state index in [0.29, 0.717) is 33.1 Å². The molecule has 8 nitrogen and oxygen atoms in total. The maximum atomic E-state index is 12.9. The summed E-state index contributed by atoms with van der Waals surface area (Å²) in [6.07, 6.45) is 3.23. The van der Waals surface area contributed by atoms with Gasteiger partial charge < -0.3 is 21.3 Å². The molecular weight excluding hydrogens is 415 g/mol. The van der Waals surface area contributed by atoms with E-state index in [1.165, 1.54) is 6.42 Å². The van der Waals surface area contributed by atoms with Gasteiger partial charge in [0, 0.05) is 35.2 Å². The smallest absolute Gasteiger partial charge is 0.232 e. The highest BCUT2D eigenvalue weighted by Crippen LogP contribution is 2.37. The van der Waals surface area contributed by atoms with Gasteiger partial charge in [-0.15, -0.1) is 0 Å². The van der Waals surface area contributed by atoms with E-state index >= 15 is 0 Å². The number of nitrogens with one attached hydrogen (secondary N) is 2. The zero-order chi connectivity index (χ0) is 20.5. The molecule has 0 bridgehead atoms. The van der Waals surface area contributed by atoms with Crippen LogP contribution in [0.25, 0.3) is 0 Å². The van der Waals surface area contributed by atoms with Gasteiger partial charge in [-0.3, -0.25) is 9.59 Å². The summed E-state index contributed by atoms with van der Waals surface area (Å²) in [7, 11) is 0. The standard InChI is InChI=1S/C19H20Cl2N6O2/c20-10-6-11(21)8-12(7-10)23-18(29)13-9-14(28)24-17-15(13)16(22)25-19(26-17)27-4-2-1-3-5-27/h6-8,13H,1-5,9H2,(H,23,29)(H3,22,24,25,26,28). The number of nitrogens with two attached hydrogens (primary N) is 1. The SMILES string of the molecule is Nc1nc(N2CCCCC2)nc2c1C(C(=O)Nc1cc(Cl)cc(Cl)c1)CC(=O)N2. The summed E-state index contributed by atoms with van der Waals surface area (Å²) >= 11 is 12.0. The van der Waals surface area contributed by atoms with Gasteiger partial charge in [-0.25, -0.2) is 0 Å². The molecule has 3 heterocycles. The van der Waals surface area contributed by atoms with Crippen LogP contribution < -0.4 is 21.3 Å². The molecule has 29 heavy (non-hydrogen) atoms. The predicted molar refractivity (Wildman–Crippen MR) is 114 cm³/mol. The van der Waals surface area contributed by atoms with Gasteiger partial charge in [-0.1, -0.05) is 23.2 Å². The van der Waals surface area contributed by atoms with Crippen molar-refractivity contribution in [2.24, 2.45) is 0 Å². The number of piperidine rings is 1. The Hall–Kier alpha value is -2.58. The van der Waals surface area contributed by atoms with Crippen LogP contribution in [0.15, 0.2) is 18.2 Å². The number of nitrogens with zero attached hydrogens (tertiary/aromatic N) is 3. The number of carbonyl (C=O) groups is 2. The first-order valence-corrected chi connectivity index (χ1v) is 10.2. The van der Waals surface area contributed by atoms with Crippen molar-refractivity contribution in [1.82, 2.24) is 9.97 Å². The molecule has 152 valence electrons. The lowest BCUT2D eigenvalue weighted by atomic mass is 9.92. The molecule has 0 spiro atoms. The Morgan fingerprint density at radius 3 is 2.52 bits per heavy atom. The largest absolute Gasteiger partial charge is 0.383 e. The molecule has 1 fully saturated rings. The number of halogens is 2. The Morgan fingerprint density at radius 2 is 1.83 bits per heavy atom. The van der Waals surface area contributed by atoms with Crippen molar-refractivity contribution in [3.05, 3.63) is 33.8 Å². The predicted octanol–water partition coefficient (Wildman–Crippen LogP) is 3.42. The Morgan fingerprint density at radius 1 is 1.14 bits per heavy atom. The summed E-state index contributed by atoms with van der Waals surface area (Å²) in [5.41, 5.74) is 7.07. The minimum absolute atomic E-state index is 0.0518. The molecule has 0 radical (unpaired) electrons. The molecule has 1 aromatic heterocycles. The van der Waals surface area contributed by atoms with Crippen LogP contribution in [-0.2, 0) is 9.59 Å². The summed E-state index contributed by atoms with van der Waals surface area (Å²) in [5.74, 6) is -0.556. The van der Waals surface area contributed by atoms with E-state index in [9.17, 15) is 9.59 Å². The van der Waals surface area contributed by atoms with Crippen LogP contribution in [0.2, 0.25) is 10.0 Å². The van der Waals surface area contributed by atoms with Crippen molar-refractivity contribution < 1.29 is 9.59 Å². The molecule has 0 saturated carbocycles. The summed E-state index contributed by atoms with van der Waals surface area (Å²) in [6.45, 7) is 1.68. The van der Waals surface area contributed by atoms with Crippen molar-refractivity contribution in [2.75, 3.05) is 34.4 Å². The number of hydrogen-bond acceptors (Lipinski definition) is 6. The summed E-state index contributed by atoms with van der Waals surface area (Å²) in [5, 5.41) is 6.26. The van der Waals surface area contributed by atoms with E-state index in [1.54, 1.807) is 18.2 Å². The summed E-state index contributed by atoms with van der Waals surface area (Å²) in [6, 6.07) is 4.72. The third-order valence-corrected chi connectivity index (χ3v) is 5.48.